The van der Waals surface area contributed by atoms with Gasteiger partial charge in [0.15, 0.2) is 0 Å². The molecule has 0 spiro atoms. The molecule has 0 saturated carbocycles. The first-order valence-corrected chi connectivity index (χ1v) is 6.39. The maximum atomic E-state index is 11.8. The van der Waals surface area contributed by atoms with Crippen LogP contribution in [0.15, 0.2) is 24.3 Å². The first-order chi connectivity index (χ1) is 9.50. The summed E-state index contributed by atoms with van der Waals surface area (Å²) in [5.74, 6) is -1.38. The monoisotopic (exact) mass is 287 g/mol. The molecular weight excluding hydrogens is 268 g/mol. The summed E-state index contributed by atoms with van der Waals surface area (Å²) < 4.78 is 28.3. The summed E-state index contributed by atoms with van der Waals surface area (Å²) in [7, 11) is 0. The molecule has 1 aromatic rings. The van der Waals surface area contributed by atoms with E-state index in [1.54, 1.807) is 19.1 Å². The third-order valence-corrected chi connectivity index (χ3v) is 2.85. The zero-order valence-corrected chi connectivity index (χ0v) is 11.3. The van der Waals surface area contributed by atoms with E-state index in [2.05, 4.69) is 5.32 Å². The van der Waals surface area contributed by atoms with Gasteiger partial charge in [-0.3, -0.25) is 4.79 Å². The van der Waals surface area contributed by atoms with E-state index in [1.807, 2.05) is 12.1 Å². The number of alkyl halides is 2. The van der Waals surface area contributed by atoms with E-state index in [0.29, 0.717) is 13.1 Å². The number of carbonyl (C=O) groups is 1. The molecule has 20 heavy (non-hydrogen) atoms. The molecule has 1 unspecified atom stereocenters. The Morgan fingerprint density at radius 3 is 2.55 bits per heavy atom. The van der Waals surface area contributed by atoms with Crippen LogP contribution in [0.25, 0.3) is 0 Å². The van der Waals surface area contributed by atoms with Crippen molar-refractivity contribution in [2.75, 3.05) is 19.8 Å². The molecule has 0 fully saturated rings. The first-order valence-electron chi connectivity index (χ1n) is 6.39. The molecule has 0 heterocycles. The lowest BCUT2D eigenvalue weighted by atomic mass is 10.0. The highest BCUT2D eigenvalue weighted by atomic mass is 19.3. The Bertz CT molecular complexity index is 409. The van der Waals surface area contributed by atoms with E-state index in [1.165, 1.54) is 0 Å². The van der Waals surface area contributed by atoms with Gasteiger partial charge < -0.3 is 15.2 Å². The summed E-state index contributed by atoms with van der Waals surface area (Å²) >= 11 is 0. The first kappa shape index (κ1) is 16.5. The largest absolute Gasteiger partial charge is 0.481 e. The maximum Gasteiger partial charge on any atom is 0.310 e. The van der Waals surface area contributed by atoms with Crippen molar-refractivity contribution in [2.24, 2.45) is 0 Å². The number of halogens is 2. The number of hydrogen-bond donors (Lipinski definition) is 2. The second kappa shape index (κ2) is 8.60. The van der Waals surface area contributed by atoms with Gasteiger partial charge in [-0.25, -0.2) is 8.78 Å². The summed E-state index contributed by atoms with van der Waals surface area (Å²) in [5.41, 5.74) is 1.75. The minimum Gasteiger partial charge on any atom is -0.481 e. The van der Waals surface area contributed by atoms with E-state index in [0.717, 1.165) is 11.1 Å². The fourth-order valence-electron chi connectivity index (χ4n) is 1.62. The van der Waals surface area contributed by atoms with Crippen LogP contribution in [-0.4, -0.2) is 37.3 Å². The number of carboxylic acids is 1. The molecule has 0 aromatic heterocycles. The molecule has 4 nitrogen and oxygen atoms in total. The molecule has 1 rings (SSSR count). The van der Waals surface area contributed by atoms with Gasteiger partial charge in [0.05, 0.1) is 12.5 Å². The van der Waals surface area contributed by atoms with Gasteiger partial charge >= 0.3 is 5.97 Å². The van der Waals surface area contributed by atoms with E-state index >= 15 is 0 Å². The van der Waals surface area contributed by atoms with E-state index in [-0.39, 0.29) is 6.61 Å². The van der Waals surface area contributed by atoms with Crippen molar-refractivity contribution >= 4 is 5.97 Å². The normalized spacial score (nSPS) is 12.6. The lowest BCUT2D eigenvalue weighted by molar-refractivity contribution is -0.138. The smallest absolute Gasteiger partial charge is 0.310 e. The fraction of sp³-hybridized carbons (Fsp3) is 0.500. The predicted octanol–water partition coefficient (Wildman–Crippen LogP) is 2.25. The van der Waals surface area contributed by atoms with Crippen LogP contribution < -0.4 is 5.32 Å². The molecular formula is C14H19F2NO3. The zero-order chi connectivity index (χ0) is 15.0. The minimum atomic E-state index is -2.43. The van der Waals surface area contributed by atoms with E-state index < -0.39 is 24.9 Å². The van der Waals surface area contributed by atoms with Crippen molar-refractivity contribution in [2.45, 2.75) is 25.8 Å². The fourth-order valence-corrected chi connectivity index (χ4v) is 1.62. The number of benzene rings is 1. The van der Waals surface area contributed by atoms with Crippen molar-refractivity contribution < 1.29 is 23.4 Å². The number of rotatable bonds is 9. The van der Waals surface area contributed by atoms with E-state index in [4.69, 9.17) is 9.84 Å². The van der Waals surface area contributed by atoms with Gasteiger partial charge in [-0.05, 0) is 18.1 Å². The van der Waals surface area contributed by atoms with Crippen molar-refractivity contribution in [3.8, 4) is 0 Å². The van der Waals surface area contributed by atoms with Crippen LogP contribution >= 0.6 is 0 Å². The second-order valence-electron chi connectivity index (χ2n) is 4.44. The van der Waals surface area contributed by atoms with Crippen LogP contribution in [-0.2, 0) is 16.1 Å². The standard InChI is InChI=1S/C14H19F2NO3/c1-10(14(18)19)12-4-2-11(3-5-12)8-17-6-7-20-9-13(15)16/h2-5,10,13,17H,6-9H2,1H3,(H,18,19). The average molecular weight is 287 g/mol. The molecule has 0 amide bonds. The summed E-state index contributed by atoms with van der Waals surface area (Å²) in [6.45, 7) is 2.40. The Balaban J connectivity index is 2.26. The van der Waals surface area contributed by atoms with Crippen molar-refractivity contribution in [1.82, 2.24) is 5.32 Å². The molecule has 0 bridgehead atoms. The molecule has 6 heteroatoms. The van der Waals surface area contributed by atoms with Crippen LogP contribution in [0.4, 0.5) is 8.78 Å². The third kappa shape index (κ3) is 6.08. The SMILES string of the molecule is CC(C(=O)O)c1ccc(CNCCOCC(F)F)cc1. The average Bonchev–Trinajstić information content (AvgIpc) is 2.42. The lowest BCUT2D eigenvalue weighted by Gasteiger charge is -2.09. The Hall–Kier alpha value is -1.53. The Morgan fingerprint density at radius 1 is 1.35 bits per heavy atom. The molecule has 112 valence electrons. The Morgan fingerprint density at radius 2 is 2.00 bits per heavy atom. The molecule has 2 N–H and O–H groups in total. The quantitative estimate of drug-likeness (QED) is 0.684. The lowest BCUT2D eigenvalue weighted by Crippen LogP contribution is -2.20. The second-order valence-corrected chi connectivity index (χ2v) is 4.44. The number of hydrogen-bond acceptors (Lipinski definition) is 3. The number of nitrogens with one attached hydrogen (secondary N) is 1. The Labute approximate surface area is 116 Å². The molecule has 1 atom stereocenters. The molecule has 0 aliphatic carbocycles. The third-order valence-electron chi connectivity index (χ3n) is 2.85. The van der Waals surface area contributed by atoms with Gasteiger partial charge in [-0.1, -0.05) is 24.3 Å². The van der Waals surface area contributed by atoms with Crippen molar-refractivity contribution in [3.63, 3.8) is 0 Å². The predicted molar refractivity (Wildman–Crippen MR) is 71.0 cm³/mol. The molecule has 0 aliphatic heterocycles. The van der Waals surface area contributed by atoms with Gasteiger partial charge in [-0.15, -0.1) is 0 Å². The number of ether oxygens (including phenoxy) is 1. The van der Waals surface area contributed by atoms with Crippen molar-refractivity contribution in [3.05, 3.63) is 35.4 Å². The van der Waals surface area contributed by atoms with E-state index in [9.17, 15) is 13.6 Å². The van der Waals surface area contributed by atoms with Crippen LogP contribution in [0.5, 0.6) is 0 Å². The van der Waals surface area contributed by atoms with Gasteiger partial charge in [0.2, 0.25) is 0 Å². The van der Waals surface area contributed by atoms with Crippen LogP contribution in [0.3, 0.4) is 0 Å². The van der Waals surface area contributed by atoms with Crippen LogP contribution in [0.2, 0.25) is 0 Å². The minimum absolute atomic E-state index is 0.235. The highest BCUT2D eigenvalue weighted by Crippen LogP contribution is 2.15. The summed E-state index contributed by atoms with van der Waals surface area (Å²) in [5, 5.41) is 11.9. The van der Waals surface area contributed by atoms with Crippen LogP contribution in [0.1, 0.15) is 24.0 Å². The molecule has 1 aromatic carbocycles. The van der Waals surface area contributed by atoms with Crippen LogP contribution in [0, 0.1) is 0 Å². The number of carboxylic acid groups (broad SMARTS) is 1. The summed E-state index contributed by atoms with van der Waals surface area (Å²) in [6, 6.07) is 7.26. The highest BCUT2D eigenvalue weighted by Gasteiger charge is 2.12. The zero-order valence-electron chi connectivity index (χ0n) is 11.3. The topological polar surface area (TPSA) is 58.6 Å². The highest BCUT2D eigenvalue weighted by molar-refractivity contribution is 5.75. The van der Waals surface area contributed by atoms with Gasteiger partial charge in [-0.2, -0.15) is 0 Å². The van der Waals surface area contributed by atoms with Crippen molar-refractivity contribution in [1.29, 1.82) is 0 Å². The van der Waals surface area contributed by atoms with Gasteiger partial charge in [0.25, 0.3) is 6.43 Å². The molecule has 0 aliphatic rings. The molecule has 0 saturated heterocycles. The maximum absolute atomic E-state index is 11.8. The van der Waals surface area contributed by atoms with Gasteiger partial charge in [0, 0.05) is 13.1 Å². The summed E-state index contributed by atoms with van der Waals surface area (Å²) in [6.07, 6.45) is -2.43. The van der Waals surface area contributed by atoms with Gasteiger partial charge in [0.1, 0.15) is 6.61 Å². The molecule has 0 radical (unpaired) electrons. The number of aliphatic carboxylic acids is 1. The Kier molecular flexibility index (Phi) is 7.11. The summed E-state index contributed by atoms with van der Waals surface area (Å²) in [4.78, 5) is 10.8.